The molecule has 2 fully saturated rings. The molecule has 0 bridgehead atoms. The summed E-state index contributed by atoms with van der Waals surface area (Å²) in [5.41, 5.74) is 1.13. The predicted octanol–water partition coefficient (Wildman–Crippen LogP) is 4.73. The van der Waals surface area contributed by atoms with Gasteiger partial charge in [-0.1, -0.05) is 36.4 Å². The summed E-state index contributed by atoms with van der Waals surface area (Å²) in [6, 6.07) is 10.2. The summed E-state index contributed by atoms with van der Waals surface area (Å²) in [6.45, 7) is 5.55. The lowest BCUT2D eigenvalue weighted by atomic mass is 9.75. The van der Waals surface area contributed by atoms with Gasteiger partial charge in [0.25, 0.3) is 0 Å². The molecule has 0 spiro atoms. The summed E-state index contributed by atoms with van der Waals surface area (Å²) < 4.78 is 11.9. The molecule has 1 heterocycles. The highest BCUT2D eigenvalue weighted by atomic mass is 16.7. The van der Waals surface area contributed by atoms with E-state index < -0.39 is 0 Å². The fourth-order valence-electron chi connectivity index (χ4n) is 3.72. The molecule has 1 saturated heterocycles. The van der Waals surface area contributed by atoms with E-state index in [0.717, 1.165) is 30.6 Å². The van der Waals surface area contributed by atoms with E-state index in [4.69, 9.17) is 9.47 Å². The molecule has 3 rings (SSSR count). The molecule has 1 saturated carbocycles. The molecule has 1 aromatic carbocycles. The molecule has 1 aliphatic carbocycles. The molecule has 0 aromatic heterocycles. The summed E-state index contributed by atoms with van der Waals surface area (Å²) in [6.07, 6.45) is 8.42. The Bertz CT molecular complexity index is 426. The van der Waals surface area contributed by atoms with Gasteiger partial charge >= 0.3 is 0 Å². The SMILES string of the molecule is C=CCC1CCC(C2COC(c3ccccc3)OC2)CC1. The zero-order valence-corrected chi connectivity index (χ0v) is 12.7. The Morgan fingerprint density at radius 2 is 1.62 bits per heavy atom. The van der Waals surface area contributed by atoms with Gasteiger partial charge in [0.05, 0.1) is 13.2 Å². The van der Waals surface area contributed by atoms with Gasteiger partial charge in [-0.2, -0.15) is 0 Å². The van der Waals surface area contributed by atoms with Gasteiger partial charge in [-0.3, -0.25) is 0 Å². The van der Waals surface area contributed by atoms with Gasteiger partial charge in [0.1, 0.15) is 0 Å². The van der Waals surface area contributed by atoms with Crippen molar-refractivity contribution in [3.63, 3.8) is 0 Å². The van der Waals surface area contributed by atoms with E-state index in [0.29, 0.717) is 5.92 Å². The maximum Gasteiger partial charge on any atom is 0.183 e. The van der Waals surface area contributed by atoms with Crippen molar-refractivity contribution in [2.45, 2.75) is 38.4 Å². The minimum absolute atomic E-state index is 0.167. The van der Waals surface area contributed by atoms with E-state index in [-0.39, 0.29) is 6.29 Å². The van der Waals surface area contributed by atoms with Crippen LogP contribution >= 0.6 is 0 Å². The lowest BCUT2D eigenvalue weighted by Crippen LogP contribution is -2.34. The van der Waals surface area contributed by atoms with Crippen LogP contribution in [0.5, 0.6) is 0 Å². The van der Waals surface area contributed by atoms with Crippen LogP contribution in [0.15, 0.2) is 43.0 Å². The van der Waals surface area contributed by atoms with E-state index in [1.807, 2.05) is 18.2 Å². The van der Waals surface area contributed by atoms with Gasteiger partial charge in [0, 0.05) is 11.5 Å². The Morgan fingerprint density at radius 1 is 0.952 bits per heavy atom. The molecular weight excluding hydrogens is 260 g/mol. The fourth-order valence-corrected chi connectivity index (χ4v) is 3.72. The lowest BCUT2D eigenvalue weighted by Gasteiger charge is -2.37. The van der Waals surface area contributed by atoms with Crippen LogP contribution in [-0.4, -0.2) is 13.2 Å². The van der Waals surface area contributed by atoms with Crippen LogP contribution in [-0.2, 0) is 9.47 Å². The largest absolute Gasteiger partial charge is 0.348 e. The molecule has 2 nitrogen and oxygen atoms in total. The molecule has 0 amide bonds. The third-order valence-electron chi connectivity index (χ3n) is 5.05. The molecule has 1 aliphatic heterocycles. The molecule has 2 heteroatoms. The first-order valence-electron chi connectivity index (χ1n) is 8.26. The van der Waals surface area contributed by atoms with Gasteiger partial charge in [-0.15, -0.1) is 6.58 Å². The molecule has 0 unspecified atom stereocenters. The van der Waals surface area contributed by atoms with Crippen molar-refractivity contribution in [1.82, 2.24) is 0 Å². The Balaban J connectivity index is 1.47. The quantitative estimate of drug-likeness (QED) is 0.745. The Labute approximate surface area is 128 Å². The highest BCUT2D eigenvalue weighted by Gasteiger charge is 2.31. The standard InChI is InChI=1S/C19H26O2/c1-2-6-15-9-11-16(12-10-15)18-13-20-19(21-14-18)17-7-4-3-5-8-17/h2-5,7-8,15-16,18-19H,1,6,9-14H2. The summed E-state index contributed by atoms with van der Waals surface area (Å²) in [4.78, 5) is 0. The number of ether oxygens (including phenoxy) is 2. The van der Waals surface area contributed by atoms with Crippen LogP contribution in [0.4, 0.5) is 0 Å². The second-order valence-electron chi connectivity index (χ2n) is 6.47. The van der Waals surface area contributed by atoms with E-state index in [2.05, 4.69) is 24.8 Å². The predicted molar refractivity (Wildman–Crippen MR) is 84.8 cm³/mol. The van der Waals surface area contributed by atoms with Gasteiger partial charge in [-0.25, -0.2) is 0 Å². The topological polar surface area (TPSA) is 18.5 Å². The van der Waals surface area contributed by atoms with E-state index in [1.165, 1.54) is 32.1 Å². The van der Waals surface area contributed by atoms with Crippen LogP contribution < -0.4 is 0 Å². The average molecular weight is 286 g/mol. The second kappa shape index (κ2) is 7.24. The van der Waals surface area contributed by atoms with Crippen molar-refractivity contribution in [3.05, 3.63) is 48.6 Å². The molecule has 0 radical (unpaired) electrons. The van der Waals surface area contributed by atoms with Gasteiger partial charge < -0.3 is 9.47 Å². The molecule has 0 atom stereocenters. The molecule has 21 heavy (non-hydrogen) atoms. The average Bonchev–Trinajstić information content (AvgIpc) is 2.57. The second-order valence-corrected chi connectivity index (χ2v) is 6.47. The molecule has 1 aromatic rings. The smallest absolute Gasteiger partial charge is 0.183 e. The van der Waals surface area contributed by atoms with E-state index in [1.54, 1.807) is 0 Å². The lowest BCUT2D eigenvalue weighted by molar-refractivity contribution is -0.214. The summed E-state index contributed by atoms with van der Waals surface area (Å²) in [7, 11) is 0. The van der Waals surface area contributed by atoms with Crippen molar-refractivity contribution in [3.8, 4) is 0 Å². The van der Waals surface area contributed by atoms with Crippen LogP contribution in [0, 0.1) is 17.8 Å². The van der Waals surface area contributed by atoms with Crippen LogP contribution in [0.25, 0.3) is 0 Å². The van der Waals surface area contributed by atoms with Crippen molar-refractivity contribution >= 4 is 0 Å². The fraction of sp³-hybridized carbons (Fsp3) is 0.579. The first-order chi connectivity index (χ1) is 10.4. The van der Waals surface area contributed by atoms with Crippen LogP contribution in [0.3, 0.4) is 0 Å². The summed E-state index contributed by atoms with van der Waals surface area (Å²) >= 11 is 0. The van der Waals surface area contributed by atoms with Crippen molar-refractivity contribution < 1.29 is 9.47 Å². The number of allylic oxidation sites excluding steroid dienone is 1. The van der Waals surface area contributed by atoms with E-state index >= 15 is 0 Å². The van der Waals surface area contributed by atoms with Crippen molar-refractivity contribution in [2.75, 3.05) is 13.2 Å². The first kappa shape index (κ1) is 14.8. The summed E-state index contributed by atoms with van der Waals surface area (Å²) in [5.74, 6) is 2.22. The van der Waals surface area contributed by atoms with Crippen LogP contribution in [0.2, 0.25) is 0 Å². The molecular formula is C19H26O2. The van der Waals surface area contributed by atoms with Crippen molar-refractivity contribution in [1.29, 1.82) is 0 Å². The monoisotopic (exact) mass is 286 g/mol. The normalized spacial score (nSPS) is 33.5. The minimum Gasteiger partial charge on any atom is -0.348 e. The zero-order chi connectivity index (χ0) is 14.5. The Morgan fingerprint density at radius 3 is 2.24 bits per heavy atom. The summed E-state index contributed by atoms with van der Waals surface area (Å²) in [5, 5.41) is 0. The van der Waals surface area contributed by atoms with Gasteiger partial charge in [0.15, 0.2) is 6.29 Å². The maximum absolute atomic E-state index is 5.97. The molecule has 0 N–H and O–H groups in total. The van der Waals surface area contributed by atoms with Gasteiger partial charge in [-0.05, 0) is 43.9 Å². The highest BCUT2D eigenvalue weighted by molar-refractivity contribution is 5.16. The number of benzene rings is 1. The third kappa shape index (κ3) is 3.75. The Kier molecular flexibility index (Phi) is 5.10. The van der Waals surface area contributed by atoms with Gasteiger partial charge in [0.2, 0.25) is 0 Å². The number of hydrogen-bond donors (Lipinski definition) is 0. The van der Waals surface area contributed by atoms with E-state index in [9.17, 15) is 0 Å². The first-order valence-corrected chi connectivity index (χ1v) is 8.26. The third-order valence-corrected chi connectivity index (χ3v) is 5.05. The number of hydrogen-bond acceptors (Lipinski definition) is 2. The Hall–Kier alpha value is -1.12. The molecule has 114 valence electrons. The van der Waals surface area contributed by atoms with Crippen LogP contribution in [0.1, 0.15) is 44.0 Å². The molecule has 2 aliphatic rings. The zero-order valence-electron chi connectivity index (χ0n) is 12.7. The minimum atomic E-state index is -0.167. The highest BCUT2D eigenvalue weighted by Crippen LogP contribution is 2.38. The number of rotatable bonds is 4. The van der Waals surface area contributed by atoms with Crippen molar-refractivity contribution in [2.24, 2.45) is 17.8 Å². The maximum atomic E-state index is 5.97.